The topological polar surface area (TPSA) is 144 Å². The van der Waals surface area contributed by atoms with Gasteiger partial charge in [0.15, 0.2) is 10.9 Å². The van der Waals surface area contributed by atoms with Crippen molar-refractivity contribution in [3.05, 3.63) is 61.1 Å². The summed E-state index contributed by atoms with van der Waals surface area (Å²) in [6.45, 7) is 3.88. The van der Waals surface area contributed by atoms with Gasteiger partial charge in [0, 0.05) is 51.4 Å². The molecule has 0 radical (unpaired) electrons. The largest absolute Gasteiger partial charge is 0.493 e. The minimum atomic E-state index is -0.765. The van der Waals surface area contributed by atoms with Gasteiger partial charge >= 0.3 is 0 Å². The minimum absolute atomic E-state index is 0.123. The van der Waals surface area contributed by atoms with Crippen molar-refractivity contribution in [3.8, 4) is 5.75 Å². The summed E-state index contributed by atoms with van der Waals surface area (Å²) in [4.78, 5) is 42.0. The summed E-state index contributed by atoms with van der Waals surface area (Å²) < 4.78 is 6.39. The average molecular weight is 521 g/mol. The second-order valence-electron chi connectivity index (χ2n) is 7.76. The van der Waals surface area contributed by atoms with Crippen molar-refractivity contribution < 1.29 is 19.4 Å². The van der Waals surface area contributed by atoms with Crippen LogP contribution in [-0.4, -0.2) is 72.0 Å². The van der Waals surface area contributed by atoms with E-state index in [1.54, 1.807) is 24.5 Å². The van der Waals surface area contributed by atoms with Crippen LogP contribution in [-0.2, 0) is 0 Å². The van der Waals surface area contributed by atoms with Gasteiger partial charge in [-0.25, -0.2) is 4.98 Å². The van der Waals surface area contributed by atoms with E-state index >= 15 is 0 Å². The number of non-ortho nitro benzene ring substituents is 2. The summed E-state index contributed by atoms with van der Waals surface area (Å²) in [5.41, 5.74) is -0.390. The number of rotatable bonds is 8. The molecule has 3 aromatic rings. The van der Waals surface area contributed by atoms with Crippen LogP contribution in [0.3, 0.4) is 0 Å². The van der Waals surface area contributed by atoms with Crippen LogP contribution < -0.4 is 15.0 Å². The smallest absolute Gasteiger partial charge is 0.277 e. The van der Waals surface area contributed by atoms with Crippen LogP contribution >= 0.6 is 22.9 Å². The summed E-state index contributed by atoms with van der Waals surface area (Å²) in [5, 5.41) is 26.1. The Hall–Kier alpha value is -3.55. The lowest BCUT2D eigenvalue weighted by atomic mass is 10.1. The number of anilines is 1. The number of fused-ring (bicyclic) bond motifs is 1. The van der Waals surface area contributed by atoms with Crippen molar-refractivity contribution in [2.24, 2.45) is 0 Å². The number of aromatic nitrogens is 1. The summed E-state index contributed by atoms with van der Waals surface area (Å²) >= 11 is 7.77. The molecule has 2 aromatic carbocycles. The van der Waals surface area contributed by atoms with E-state index < -0.39 is 27.1 Å². The van der Waals surface area contributed by atoms with Gasteiger partial charge in [-0.05, 0) is 12.1 Å². The van der Waals surface area contributed by atoms with Crippen LogP contribution in [0.5, 0.6) is 5.75 Å². The van der Waals surface area contributed by atoms with E-state index in [-0.39, 0.29) is 5.56 Å². The predicted octanol–water partition coefficient (Wildman–Crippen LogP) is 3.33. The van der Waals surface area contributed by atoms with Crippen molar-refractivity contribution in [2.45, 2.75) is 0 Å². The number of piperazine rings is 1. The number of halogens is 1. The van der Waals surface area contributed by atoms with Gasteiger partial charge in [0.2, 0.25) is 0 Å². The van der Waals surface area contributed by atoms with Gasteiger partial charge < -0.3 is 15.0 Å². The second-order valence-corrected chi connectivity index (χ2v) is 9.18. The highest BCUT2D eigenvalue weighted by atomic mass is 35.5. The first kappa shape index (κ1) is 24.6. The van der Waals surface area contributed by atoms with Gasteiger partial charge in [-0.1, -0.05) is 22.9 Å². The third kappa shape index (κ3) is 5.42. The lowest BCUT2D eigenvalue weighted by Crippen LogP contribution is -2.48. The molecule has 184 valence electrons. The zero-order valence-electron chi connectivity index (χ0n) is 18.6. The van der Waals surface area contributed by atoms with Crippen molar-refractivity contribution >= 4 is 55.6 Å². The molecule has 1 saturated heterocycles. The molecule has 35 heavy (non-hydrogen) atoms. The molecule has 0 atom stereocenters. The van der Waals surface area contributed by atoms with E-state index in [1.807, 2.05) is 6.07 Å². The molecule has 2 heterocycles. The van der Waals surface area contributed by atoms with Crippen molar-refractivity contribution in [1.29, 1.82) is 0 Å². The first-order chi connectivity index (χ1) is 16.8. The van der Waals surface area contributed by atoms with Crippen LogP contribution in [0.4, 0.5) is 16.5 Å². The van der Waals surface area contributed by atoms with E-state index in [9.17, 15) is 25.0 Å². The molecule has 1 N–H and O–H groups in total. The molecule has 0 spiro atoms. The van der Waals surface area contributed by atoms with Gasteiger partial charge in [-0.15, -0.1) is 0 Å². The van der Waals surface area contributed by atoms with E-state index in [0.717, 1.165) is 59.7 Å². The quantitative estimate of drug-likeness (QED) is 0.349. The SMILES string of the molecule is COc1c(Cl)ccc2sc(N3CCN(CCNC(=O)c4cc([N+](=O)[O-])cc([N+](=O)[O-])c4)CC3)nc12. The minimum Gasteiger partial charge on any atom is -0.493 e. The number of nitrogens with one attached hydrogen (secondary N) is 1. The summed E-state index contributed by atoms with van der Waals surface area (Å²) in [6, 6.07) is 6.61. The first-order valence-electron chi connectivity index (χ1n) is 10.6. The molecule has 0 bridgehead atoms. The normalized spacial score (nSPS) is 14.2. The number of nitrogens with zero attached hydrogens (tertiary/aromatic N) is 5. The van der Waals surface area contributed by atoms with Gasteiger partial charge in [0.1, 0.15) is 5.52 Å². The van der Waals surface area contributed by atoms with Crippen molar-refractivity contribution in [3.63, 3.8) is 0 Å². The Morgan fingerprint density at radius 2 is 1.80 bits per heavy atom. The number of hydrogen-bond donors (Lipinski definition) is 1. The highest BCUT2D eigenvalue weighted by Crippen LogP contribution is 2.38. The molecule has 12 nitrogen and oxygen atoms in total. The second kappa shape index (κ2) is 10.4. The standard InChI is InChI=1S/C21H21ClN6O6S/c1-34-19-16(22)2-3-17-18(19)24-21(35-17)26-8-6-25(7-9-26)5-4-23-20(29)13-10-14(27(30)31)12-15(11-13)28(32)33/h2-3,10-12H,4-9H2,1H3,(H,23,29). The molecule has 0 saturated carbocycles. The van der Waals surface area contributed by atoms with Crippen LogP contribution in [0.25, 0.3) is 10.2 Å². The number of ether oxygens (including phenoxy) is 1. The highest BCUT2D eigenvalue weighted by molar-refractivity contribution is 7.22. The third-order valence-corrected chi connectivity index (χ3v) is 6.98. The molecular formula is C21H21ClN6O6S. The van der Waals surface area contributed by atoms with Crippen molar-refractivity contribution in [1.82, 2.24) is 15.2 Å². The molecule has 4 rings (SSSR count). The zero-order chi connectivity index (χ0) is 25.1. The number of methoxy groups -OCH3 is 1. The van der Waals surface area contributed by atoms with Crippen molar-refractivity contribution in [2.75, 3.05) is 51.3 Å². The molecule has 1 aliphatic heterocycles. The number of carbonyl (C=O) groups is 1. The van der Waals surface area contributed by atoms with E-state index in [4.69, 9.17) is 21.3 Å². The molecule has 0 unspecified atom stereocenters. The monoisotopic (exact) mass is 520 g/mol. The molecule has 0 aliphatic carbocycles. The van der Waals surface area contributed by atoms with E-state index in [0.29, 0.717) is 23.9 Å². The van der Waals surface area contributed by atoms with Crippen LogP contribution in [0.2, 0.25) is 5.02 Å². The highest BCUT2D eigenvalue weighted by Gasteiger charge is 2.22. The molecule has 1 amide bonds. The molecule has 1 aliphatic rings. The van der Waals surface area contributed by atoms with E-state index in [2.05, 4.69) is 15.1 Å². The van der Waals surface area contributed by atoms with Gasteiger partial charge in [0.25, 0.3) is 17.3 Å². The van der Waals surface area contributed by atoms with Gasteiger partial charge in [-0.3, -0.25) is 29.9 Å². The predicted molar refractivity (Wildman–Crippen MR) is 132 cm³/mol. The lowest BCUT2D eigenvalue weighted by molar-refractivity contribution is -0.394. The number of benzene rings is 2. The van der Waals surface area contributed by atoms with Crippen LogP contribution in [0.1, 0.15) is 10.4 Å². The van der Waals surface area contributed by atoms with Gasteiger partial charge in [0.05, 0.1) is 38.3 Å². The van der Waals surface area contributed by atoms with E-state index in [1.165, 1.54) is 0 Å². The average Bonchev–Trinajstić information content (AvgIpc) is 3.28. The lowest BCUT2D eigenvalue weighted by Gasteiger charge is -2.34. The number of hydrogen-bond acceptors (Lipinski definition) is 10. The fourth-order valence-electron chi connectivity index (χ4n) is 3.79. The van der Waals surface area contributed by atoms with Crippen LogP contribution in [0.15, 0.2) is 30.3 Å². The number of nitro benzene ring substituents is 2. The fourth-order valence-corrected chi connectivity index (χ4v) is 5.04. The first-order valence-corrected chi connectivity index (χ1v) is 11.8. The van der Waals surface area contributed by atoms with Gasteiger partial charge in [-0.2, -0.15) is 0 Å². The molecule has 1 fully saturated rings. The Morgan fingerprint density at radius 1 is 1.14 bits per heavy atom. The summed E-state index contributed by atoms with van der Waals surface area (Å²) in [7, 11) is 1.57. The fraction of sp³-hybridized carbons (Fsp3) is 0.333. The number of carbonyl (C=O) groups excluding carboxylic acids is 1. The van der Waals surface area contributed by atoms with Crippen LogP contribution in [0, 0.1) is 20.2 Å². The molecule has 1 aromatic heterocycles. The number of nitro groups is 2. The molecule has 14 heteroatoms. The summed E-state index contributed by atoms with van der Waals surface area (Å²) in [6.07, 6.45) is 0. The maximum absolute atomic E-state index is 12.4. The Labute approximate surface area is 208 Å². The Morgan fingerprint density at radius 3 is 2.40 bits per heavy atom. The Bertz CT molecular complexity index is 1260. The summed E-state index contributed by atoms with van der Waals surface area (Å²) in [5.74, 6) is -0.0346. The number of thiazole rings is 1. The zero-order valence-corrected chi connectivity index (χ0v) is 20.2. The Kier molecular flexibility index (Phi) is 7.28. The number of amides is 1. The molecular weight excluding hydrogens is 500 g/mol. The third-order valence-electron chi connectivity index (χ3n) is 5.60. The maximum atomic E-state index is 12.4. The Balaban J connectivity index is 1.31. The maximum Gasteiger partial charge on any atom is 0.277 e.